The highest BCUT2D eigenvalue weighted by Gasteiger charge is 2.37. The SMILES string of the molecule is CC(=O)Nc1nnc(S(=O)(=O)N2CCCC2CCCBr)s1. The van der Waals surface area contributed by atoms with Crippen molar-refractivity contribution in [3.05, 3.63) is 0 Å². The average Bonchev–Trinajstić information content (AvgIpc) is 3.04. The van der Waals surface area contributed by atoms with E-state index in [0.29, 0.717) is 6.54 Å². The third-order valence-corrected chi connectivity index (χ3v) is 6.91. The van der Waals surface area contributed by atoms with Gasteiger partial charge in [0.1, 0.15) is 0 Å². The molecule has 1 unspecified atom stereocenters. The molecular formula is C11H17BrN4O3S2. The summed E-state index contributed by atoms with van der Waals surface area (Å²) in [6, 6.07) is 0.0284. The molecule has 0 saturated carbocycles. The zero-order valence-corrected chi connectivity index (χ0v) is 14.8. The Balaban J connectivity index is 2.16. The molecule has 1 N–H and O–H groups in total. The Hall–Kier alpha value is -0.580. The topological polar surface area (TPSA) is 92.3 Å². The van der Waals surface area contributed by atoms with Crippen molar-refractivity contribution in [3.8, 4) is 0 Å². The molecule has 2 rings (SSSR count). The molecule has 0 bridgehead atoms. The van der Waals surface area contributed by atoms with Crippen LogP contribution in [-0.4, -0.2) is 46.7 Å². The Kier molecular flexibility index (Phi) is 5.69. The number of nitrogens with one attached hydrogen (secondary N) is 1. The van der Waals surface area contributed by atoms with Gasteiger partial charge in [-0.25, -0.2) is 8.42 Å². The summed E-state index contributed by atoms with van der Waals surface area (Å²) in [4.78, 5) is 11.0. The molecule has 10 heteroatoms. The molecule has 2 heterocycles. The lowest BCUT2D eigenvalue weighted by molar-refractivity contribution is -0.114. The summed E-state index contributed by atoms with van der Waals surface area (Å²) in [6.07, 6.45) is 3.51. The number of aromatic nitrogens is 2. The maximum absolute atomic E-state index is 12.6. The molecular weight excluding hydrogens is 380 g/mol. The Morgan fingerprint density at radius 1 is 1.52 bits per heavy atom. The molecule has 0 aromatic carbocycles. The summed E-state index contributed by atoms with van der Waals surface area (Å²) in [5, 5.41) is 10.9. The van der Waals surface area contributed by atoms with Crippen molar-refractivity contribution in [1.29, 1.82) is 0 Å². The van der Waals surface area contributed by atoms with Gasteiger partial charge in [0, 0.05) is 24.8 Å². The average molecular weight is 397 g/mol. The second-order valence-electron chi connectivity index (χ2n) is 4.80. The monoisotopic (exact) mass is 396 g/mol. The molecule has 1 aliphatic heterocycles. The predicted molar refractivity (Wildman–Crippen MR) is 84.2 cm³/mol. The highest BCUT2D eigenvalue weighted by atomic mass is 79.9. The van der Waals surface area contributed by atoms with E-state index >= 15 is 0 Å². The molecule has 0 aliphatic carbocycles. The molecule has 1 fully saturated rings. The van der Waals surface area contributed by atoms with Crippen LogP contribution in [-0.2, 0) is 14.8 Å². The molecule has 1 amide bonds. The van der Waals surface area contributed by atoms with E-state index in [1.54, 1.807) is 0 Å². The van der Waals surface area contributed by atoms with Crippen molar-refractivity contribution in [2.24, 2.45) is 0 Å². The van der Waals surface area contributed by atoms with Crippen LogP contribution in [0.15, 0.2) is 4.34 Å². The molecule has 1 atom stereocenters. The first-order chi connectivity index (χ1) is 9.95. The third kappa shape index (κ3) is 3.99. The largest absolute Gasteiger partial charge is 0.301 e. The predicted octanol–water partition coefficient (Wildman–Crippen LogP) is 1.82. The van der Waals surface area contributed by atoms with Gasteiger partial charge < -0.3 is 5.32 Å². The lowest BCUT2D eigenvalue weighted by atomic mass is 10.1. The molecule has 1 aliphatic rings. The van der Waals surface area contributed by atoms with Gasteiger partial charge in [0.15, 0.2) is 0 Å². The van der Waals surface area contributed by atoms with Crippen molar-refractivity contribution >= 4 is 48.3 Å². The quantitative estimate of drug-likeness (QED) is 0.584. The van der Waals surface area contributed by atoms with Crippen molar-refractivity contribution in [3.63, 3.8) is 0 Å². The maximum atomic E-state index is 12.6. The van der Waals surface area contributed by atoms with E-state index in [0.717, 1.165) is 42.4 Å². The highest BCUT2D eigenvalue weighted by Crippen LogP contribution is 2.31. The highest BCUT2D eigenvalue weighted by molar-refractivity contribution is 9.09. The number of alkyl halides is 1. The molecule has 21 heavy (non-hydrogen) atoms. The van der Waals surface area contributed by atoms with Gasteiger partial charge in [-0.05, 0) is 25.7 Å². The second-order valence-corrected chi connectivity index (χ2v) is 8.63. The van der Waals surface area contributed by atoms with Crippen LogP contribution in [0.4, 0.5) is 5.13 Å². The van der Waals surface area contributed by atoms with Gasteiger partial charge >= 0.3 is 0 Å². The molecule has 1 aromatic heterocycles. The van der Waals surface area contributed by atoms with E-state index in [1.807, 2.05) is 0 Å². The van der Waals surface area contributed by atoms with E-state index in [4.69, 9.17) is 0 Å². The third-order valence-electron chi connectivity index (χ3n) is 3.21. The summed E-state index contributed by atoms with van der Waals surface area (Å²) in [5.74, 6) is -0.300. The number of amides is 1. The van der Waals surface area contributed by atoms with Crippen LogP contribution in [0.25, 0.3) is 0 Å². The number of halogens is 1. The number of sulfonamides is 1. The van der Waals surface area contributed by atoms with Gasteiger partial charge in [0.05, 0.1) is 0 Å². The zero-order valence-electron chi connectivity index (χ0n) is 11.6. The minimum absolute atomic E-state index is 0.0284. The van der Waals surface area contributed by atoms with Crippen molar-refractivity contribution in [2.45, 2.75) is 43.0 Å². The second kappa shape index (κ2) is 7.12. The van der Waals surface area contributed by atoms with Crippen LogP contribution in [0, 0.1) is 0 Å². The number of rotatable bonds is 6. The number of anilines is 1. The molecule has 1 aromatic rings. The van der Waals surface area contributed by atoms with Crippen LogP contribution in [0.2, 0.25) is 0 Å². The Morgan fingerprint density at radius 3 is 2.95 bits per heavy atom. The van der Waals surface area contributed by atoms with Crippen molar-refractivity contribution in [1.82, 2.24) is 14.5 Å². The molecule has 0 spiro atoms. The first kappa shape index (κ1) is 16.8. The van der Waals surface area contributed by atoms with Crippen LogP contribution in [0.1, 0.15) is 32.6 Å². The number of hydrogen-bond donors (Lipinski definition) is 1. The lowest BCUT2D eigenvalue weighted by Gasteiger charge is -2.22. The minimum atomic E-state index is -3.62. The fourth-order valence-electron chi connectivity index (χ4n) is 2.34. The molecule has 7 nitrogen and oxygen atoms in total. The van der Waals surface area contributed by atoms with Crippen molar-refractivity contribution < 1.29 is 13.2 Å². The first-order valence-electron chi connectivity index (χ1n) is 6.64. The van der Waals surface area contributed by atoms with E-state index in [9.17, 15) is 13.2 Å². The summed E-state index contributed by atoms with van der Waals surface area (Å²) < 4.78 is 26.7. The normalized spacial score (nSPS) is 19.8. The molecule has 1 saturated heterocycles. The number of nitrogens with zero attached hydrogens (tertiary/aromatic N) is 3. The summed E-state index contributed by atoms with van der Waals surface area (Å²) in [7, 11) is -3.62. The minimum Gasteiger partial charge on any atom is -0.301 e. The van der Waals surface area contributed by atoms with Crippen LogP contribution in [0.5, 0.6) is 0 Å². The van der Waals surface area contributed by atoms with Gasteiger partial charge in [0.2, 0.25) is 15.4 Å². The fraction of sp³-hybridized carbons (Fsp3) is 0.727. The van der Waals surface area contributed by atoms with Crippen molar-refractivity contribution in [2.75, 3.05) is 17.2 Å². The van der Waals surface area contributed by atoms with Gasteiger partial charge in [-0.1, -0.05) is 27.3 Å². The van der Waals surface area contributed by atoms with E-state index in [-0.39, 0.29) is 21.4 Å². The summed E-state index contributed by atoms with van der Waals surface area (Å²) in [6.45, 7) is 1.86. The van der Waals surface area contributed by atoms with Crippen LogP contribution in [0.3, 0.4) is 0 Å². The zero-order chi connectivity index (χ0) is 15.5. The van der Waals surface area contributed by atoms with Crippen LogP contribution < -0.4 is 5.32 Å². The van der Waals surface area contributed by atoms with E-state index in [2.05, 4.69) is 31.4 Å². The number of hydrogen-bond acceptors (Lipinski definition) is 6. The van der Waals surface area contributed by atoms with Gasteiger partial charge in [-0.2, -0.15) is 4.31 Å². The molecule has 0 radical (unpaired) electrons. The van der Waals surface area contributed by atoms with E-state index in [1.165, 1.54) is 11.2 Å². The Morgan fingerprint density at radius 2 is 2.29 bits per heavy atom. The number of carbonyl (C=O) groups excluding carboxylic acids is 1. The smallest absolute Gasteiger partial charge is 0.272 e. The summed E-state index contributed by atoms with van der Waals surface area (Å²) in [5.41, 5.74) is 0. The Labute approximate surface area is 136 Å². The molecule has 118 valence electrons. The van der Waals surface area contributed by atoms with Gasteiger partial charge in [-0.15, -0.1) is 10.2 Å². The van der Waals surface area contributed by atoms with Crippen LogP contribution >= 0.6 is 27.3 Å². The first-order valence-corrected chi connectivity index (χ1v) is 10.0. The summed E-state index contributed by atoms with van der Waals surface area (Å²) >= 11 is 4.26. The fourth-order valence-corrected chi connectivity index (χ4v) is 5.45. The van der Waals surface area contributed by atoms with E-state index < -0.39 is 10.0 Å². The standard InChI is InChI=1S/C11H17BrN4O3S2/c1-8(17)13-10-14-15-11(20-10)21(18,19)16-7-3-5-9(16)4-2-6-12/h9H,2-7H2,1H3,(H,13,14,17). The maximum Gasteiger partial charge on any atom is 0.272 e. The Bertz CT molecular complexity index is 604. The number of carbonyl (C=O) groups is 1. The van der Waals surface area contributed by atoms with Gasteiger partial charge in [-0.3, -0.25) is 4.79 Å². The lowest BCUT2D eigenvalue weighted by Crippen LogP contribution is -2.35. The van der Waals surface area contributed by atoms with Gasteiger partial charge in [0.25, 0.3) is 10.0 Å².